The maximum absolute atomic E-state index is 11.7. The van der Waals surface area contributed by atoms with Crippen LogP contribution < -0.4 is 15.4 Å². The molecule has 0 aromatic heterocycles. The minimum absolute atomic E-state index is 0.0258. The molecule has 1 aliphatic rings. The SMILES string of the molecule is CNC1COCC1C(=O)NCCNS(C)(=O)=O. The second kappa shape index (κ2) is 6.29. The van der Waals surface area contributed by atoms with Crippen LogP contribution >= 0.6 is 0 Å². The van der Waals surface area contributed by atoms with Gasteiger partial charge in [-0.25, -0.2) is 13.1 Å². The first-order valence-corrected chi connectivity index (χ1v) is 7.30. The molecule has 2 unspecified atom stereocenters. The molecule has 1 heterocycles. The molecule has 1 amide bonds. The summed E-state index contributed by atoms with van der Waals surface area (Å²) >= 11 is 0. The van der Waals surface area contributed by atoms with E-state index < -0.39 is 10.0 Å². The molecule has 2 atom stereocenters. The highest BCUT2D eigenvalue weighted by atomic mass is 32.2. The highest BCUT2D eigenvalue weighted by Crippen LogP contribution is 2.12. The van der Waals surface area contributed by atoms with Crippen LogP contribution in [-0.4, -0.2) is 60.0 Å². The Morgan fingerprint density at radius 2 is 2.06 bits per heavy atom. The Balaban J connectivity index is 2.25. The summed E-state index contributed by atoms with van der Waals surface area (Å²) < 4.78 is 29.1. The van der Waals surface area contributed by atoms with Crippen LogP contribution in [0.1, 0.15) is 0 Å². The molecule has 0 spiro atoms. The minimum atomic E-state index is -3.19. The van der Waals surface area contributed by atoms with Crippen LogP contribution in [0.25, 0.3) is 0 Å². The van der Waals surface area contributed by atoms with Crippen molar-refractivity contribution in [3.63, 3.8) is 0 Å². The van der Waals surface area contributed by atoms with Crippen molar-refractivity contribution in [3.05, 3.63) is 0 Å². The first-order valence-electron chi connectivity index (χ1n) is 5.41. The Labute approximate surface area is 101 Å². The van der Waals surface area contributed by atoms with Gasteiger partial charge in [0.2, 0.25) is 15.9 Å². The van der Waals surface area contributed by atoms with Crippen LogP contribution in [0.2, 0.25) is 0 Å². The second-order valence-electron chi connectivity index (χ2n) is 4.00. The number of likely N-dealkylation sites (N-methyl/N-ethyl adjacent to an activating group) is 1. The van der Waals surface area contributed by atoms with Crippen LogP contribution in [0.3, 0.4) is 0 Å². The van der Waals surface area contributed by atoms with Crippen LogP contribution in [-0.2, 0) is 19.6 Å². The number of hydrogen-bond acceptors (Lipinski definition) is 5. The first kappa shape index (κ1) is 14.4. The average molecular weight is 265 g/mol. The maximum atomic E-state index is 11.7. The van der Waals surface area contributed by atoms with Crippen LogP contribution in [0, 0.1) is 5.92 Å². The van der Waals surface area contributed by atoms with Crippen molar-refractivity contribution in [2.24, 2.45) is 5.92 Å². The molecule has 1 fully saturated rings. The van der Waals surface area contributed by atoms with Gasteiger partial charge in [-0.15, -0.1) is 0 Å². The average Bonchev–Trinajstić information content (AvgIpc) is 2.70. The van der Waals surface area contributed by atoms with Gasteiger partial charge in [-0.3, -0.25) is 4.79 Å². The second-order valence-corrected chi connectivity index (χ2v) is 5.83. The van der Waals surface area contributed by atoms with E-state index in [4.69, 9.17) is 4.74 Å². The van der Waals surface area contributed by atoms with Crippen LogP contribution in [0.15, 0.2) is 0 Å². The predicted octanol–water partition coefficient (Wildman–Crippen LogP) is -2.11. The zero-order chi connectivity index (χ0) is 12.9. The molecule has 0 radical (unpaired) electrons. The number of nitrogens with one attached hydrogen (secondary N) is 3. The quantitative estimate of drug-likeness (QED) is 0.477. The van der Waals surface area contributed by atoms with E-state index in [1.807, 2.05) is 0 Å². The summed E-state index contributed by atoms with van der Waals surface area (Å²) in [6.07, 6.45) is 1.08. The molecular formula is C9H19N3O4S. The molecule has 0 saturated carbocycles. The topological polar surface area (TPSA) is 96.5 Å². The Kier molecular flexibility index (Phi) is 5.31. The molecule has 100 valence electrons. The van der Waals surface area contributed by atoms with E-state index in [1.165, 1.54) is 0 Å². The fourth-order valence-corrected chi connectivity index (χ4v) is 2.12. The number of hydrogen-bond donors (Lipinski definition) is 3. The predicted molar refractivity (Wildman–Crippen MR) is 63.0 cm³/mol. The molecule has 7 nitrogen and oxygen atoms in total. The van der Waals surface area contributed by atoms with Crippen molar-refractivity contribution in [3.8, 4) is 0 Å². The molecule has 1 saturated heterocycles. The molecule has 1 rings (SSSR count). The molecule has 0 aromatic carbocycles. The molecular weight excluding hydrogens is 246 g/mol. The van der Waals surface area contributed by atoms with E-state index in [0.29, 0.717) is 13.2 Å². The van der Waals surface area contributed by atoms with Gasteiger partial charge in [-0.2, -0.15) is 0 Å². The lowest BCUT2D eigenvalue weighted by atomic mass is 10.0. The Morgan fingerprint density at radius 1 is 1.35 bits per heavy atom. The molecule has 1 aliphatic heterocycles. The minimum Gasteiger partial charge on any atom is -0.379 e. The summed E-state index contributed by atoms with van der Waals surface area (Å²) in [4.78, 5) is 11.7. The number of rotatable bonds is 6. The van der Waals surface area contributed by atoms with Gasteiger partial charge in [-0.1, -0.05) is 0 Å². The molecule has 17 heavy (non-hydrogen) atoms. The number of amides is 1. The lowest BCUT2D eigenvalue weighted by Crippen LogP contribution is -2.44. The number of carbonyl (C=O) groups excluding carboxylic acids is 1. The number of sulfonamides is 1. The van der Waals surface area contributed by atoms with Crippen LogP contribution in [0.5, 0.6) is 0 Å². The lowest BCUT2D eigenvalue weighted by molar-refractivity contribution is -0.125. The summed E-state index contributed by atoms with van der Waals surface area (Å²) in [7, 11) is -1.41. The van der Waals surface area contributed by atoms with Crippen LogP contribution in [0.4, 0.5) is 0 Å². The zero-order valence-electron chi connectivity index (χ0n) is 10.0. The van der Waals surface area contributed by atoms with E-state index in [2.05, 4.69) is 15.4 Å². The van der Waals surface area contributed by atoms with Crippen molar-refractivity contribution < 1.29 is 17.9 Å². The van der Waals surface area contributed by atoms with Crippen molar-refractivity contribution in [1.82, 2.24) is 15.4 Å². The van der Waals surface area contributed by atoms with E-state index >= 15 is 0 Å². The van der Waals surface area contributed by atoms with E-state index in [9.17, 15) is 13.2 Å². The van der Waals surface area contributed by atoms with Gasteiger partial charge < -0.3 is 15.4 Å². The fourth-order valence-electron chi connectivity index (χ4n) is 1.65. The maximum Gasteiger partial charge on any atom is 0.227 e. The summed E-state index contributed by atoms with van der Waals surface area (Å²) in [5, 5.41) is 5.69. The normalized spacial score (nSPS) is 24.8. The van der Waals surface area contributed by atoms with Crippen molar-refractivity contribution in [1.29, 1.82) is 0 Å². The molecule has 0 bridgehead atoms. The van der Waals surface area contributed by atoms with Crippen molar-refractivity contribution >= 4 is 15.9 Å². The summed E-state index contributed by atoms with van der Waals surface area (Å²) in [5.74, 6) is -0.324. The zero-order valence-corrected chi connectivity index (χ0v) is 10.8. The van der Waals surface area contributed by atoms with Gasteiger partial charge in [0.1, 0.15) is 0 Å². The van der Waals surface area contributed by atoms with E-state index in [1.54, 1.807) is 7.05 Å². The summed E-state index contributed by atoms with van der Waals surface area (Å²) in [6, 6.07) is 0.0258. The largest absolute Gasteiger partial charge is 0.379 e. The molecule has 0 aromatic rings. The summed E-state index contributed by atoms with van der Waals surface area (Å²) in [6.45, 7) is 1.40. The van der Waals surface area contributed by atoms with Crippen molar-refractivity contribution in [2.45, 2.75) is 6.04 Å². The fraction of sp³-hybridized carbons (Fsp3) is 0.889. The molecule has 0 aliphatic carbocycles. The summed E-state index contributed by atoms with van der Waals surface area (Å²) in [5.41, 5.74) is 0. The third kappa shape index (κ3) is 4.99. The highest BCUT2D eigenvalue weighted by Gasteiger charge is 2.32. The van der Waals surface area contributed by atoms with Gasteiger partial charge in [0.25, 0.3) is 0 Å². The van der Waals surface area contributed by atoms with Crippen molar-refractivity contribution in [2.75, 3.05) is 39.6 Å². The third-order valence-corrected chi connectivity index (χ3v) is 3.31. The third-order valence-electron chi connectivity index (χ3n) is 2.58. The van der Waals surface area contributed by atoms with E-state index in [0.717, 1.165) is 6.26 Å². The smallest absolute Gasteiger partial charge is 0.227 e. The monoisotopic (exact) mass is 265 g/mol. The molecule has 3 N–H and O–H groups in total. The molecule has 8 heteroatoms. The van der Waals surface area contributed by atoms with Gasteiger partial charge in [-0.05, 0) is 7.05 Å². The Morgan fingerprint density at radius 3 is 2.65 bits per heavy atom. The van der Waals surface area contributed by atoms with Gasteiger partial charge >= 0.3 is 0 Å². The van der Waals surface area contributed by atoms with Gasteiger partial charge in [0.15, 0.2) is 0 Å². The number of carbonyl (C=O) groups is 1. The Bertz CT molecular complexity index is 357. The highest BCUT2D eigenvalue weighted by molar-refractivity contribution is 7.88. The lowest BCUT2D eigenvalue weighted by Gasteiger charge is -2.16. The van der Waals surface area contributed by atoms with E-state index in [-0.39, 0.29) is 31.0 Å². The van der Waals surface area contributed by atoms with Gasteiger partial charge in [0, 0.05) is 19.1 Å². The van der Waals surface area contributed by atoms with Gasteiger partial charge in [0.05, 0.1) is 25.4 Å². The standard InChI is InChI=1S/C9H19N3O4S/c1-10-8-6-16-5-7(8)9(13)11-3-4-12-17(2,14)15/h7-8,10,12H,3-6H2,1-2H3,(H,11,13). The number of ether oxygens (including phenoxy) is 1. The Hall–Kier alpha value is -0.700. The first-order chi connectivity index (χ1) is 7.94.